The molecule has 0 atom stereocenters. The third kappa shape index (κ3) is 6.54. The quantitative estimate of drug-likeness (QED) is 0.340. The summed E-state index contributed by atoms with van der Waals surface area (Å²) in [6, 6.07) is 11.0. The van der Waals surface area contributed by atoms with Crippen LogP contribution in [0.25, 0.3) is 0 Å². The van der Waals surface area contributed by atoms with E-state index >= 15 is 0 Å². The minimum absolute atomic E-state index is 0.564. The molecule has 6 heteroatoms. The fraction of sp³-hybridized carbons (Fsp3) is 0.357. The Morgan fingerprint density at radius 2 is 1.75 bits per heavy atom. The molecule has 1 aromatic carbocycles. The number of imidazole rings is 1. The zero-order chi connectivity index (χ0) is 15.1. The Hall–Kier alpha value is 0.538. The second-order valence-corrected chi connectivity index (χ2v) is 9.79. The van der Waals surface area contributed by atoms with Crippen LogP contribution in [0.2, 0.25) is 0 Å². The molecule has 1 heterocycles. The average Bonchev–Trinajstić information content (AvgIpc) is 2.71. The zero-order valence-corrected chi connectivity index (χ0v) is 18.3. The molecule has 0 aliphatic carbocycles. The van der Waals surface area contributed by atoms with E-state index in [9.17, 15) is 0 Å². The van der Waals surface area contributed by atoms with Crippen molar-refractivity contribution < 1.29 is 19.4 Å². The van der Waals surface area contributed by atoms with Gasteiger partial charge in [-0.15, -0.1) is 0 Å². The number of hydrogen-bond acceptors (Lipinski definition) is 1. The third-order valence-electron chi connectivity index (χ3n) is 2.62. The Bertz CT molecular complexity index is 561. The van der Waals surface area contributed by atoms with Crippen molar-refractivity contribution in [3.05, 3.63) is 52.1 Å². The molecular formula is C14H19I2N3Pt. The molecular weight excluding hydrogens is 659 g/mol. The first-order chi connectivity index (χ1) is 9.41. The zero-order valence-electron chi connectivity index (χ0n) is 11.7. The minimum Gasteiger partial charge on any atom is -0.184 e. The summed E-state index contributed by atoms with van der Waals surface area (Å²) in [7, 11) is 2.06. The fourth-order valence-electron chi connectivity index (χ4n) is 1.56. The van der Waals surface area contributed by atoms with Gasteiger partial charge in [-0.1, -0.05) is 30.3 Å². The number of hydrogen-bond donors (Lipinski definition) is 0. The molecule has 114 valence electrons. The number of halogens is 2. The normalized spacial score (nSPS) is 10.7. The van der Waals surface area contributed by atoms with E-state index in [2.05, 4.69) is 133 Å². The van der Waals surface area contributed by atoms with Gasteiger partial charge >= 0.3 is 71.6 Å². The van der Waals surface area contributed by atoms with E-state index in [0.29, 0.717) is 6.04 Å². The van der Waals surface area contributed by atoms with Crippen LogP contribution in [0.5, 0.6) is 0 Å². The van der Waals surface area contributed by atoms with Crippen molar-refractivity contribution in [3.63, 3.8) is 0 Å². The number of nitrogens with zero attached hydrogens (tertiary/aromatic N) is 3. The van der Waals surface area contributed by atoms with Crippen molar-refractivity contribution >= 4 is 45.7 Å². The van der Waals surface area contributed by atoms with Gasteiger partial charge in [0.2, 0.25) is 0 Å². The summed E-state index contributed by atoms with van der Waals surface area (Å²) in [5.41, 5.74) is 1.35. The van der Waals surface area contributed by atoms with Gasteiger partial charge in [0, 0.05) is 52.3 Å². The summed E-state index contributed by atoms with van der Waals surface area (Å²) in [6.07, 6.45) is 4.18. The first kappa shape index (κ1) is 18.6. The predicted molar refractivity (Wildman–Crippen MR) is 97.1 cm³/mol. The van der Waals surface area contributed by atoms with E-state index in [0.717, 1.165) is 6.54 Å². The van der Waals surface area contributed by atoms with Gasteiger partial charge in [0.1, 0.15) is 0 Å². The molecule has 0 N–H and O–H groups in total. The molecule has 0 saturated heterocycles. The smallest absolute Gasteiger partial charge is 0.0435 e. The van der Waals surface area contributed by atoms with E-state index < -0.39 is 0 Å². The van der Waals surface area contributed by atoms with Crippen molar-refractivity contribution in [1.82, 2.24) is 10.5 Å². The van der Waals surface area contributed by atoms with E-state index in [4.69, 9.17) is 0 Å². The Balaban J connectivity index is 0.000000200. The van der Waals surface area contributed by atoms with Crippen LogP contribution in [0.15, 0.2) is 42.7 Å². The summed E-state index contributed by atoms with van der Waals surface area (Å²) in [4.78, 5) is 0. The second-order valence-electron chi connectivity index (χ2n) is 4.60. The van der Waals surface area contributed by atoms with Crippen LogP contribution in [0, 0.1) is 3.80 Å². The van der Waals surface area contributed by atoms with Crippen LogP contribution in [-0.2, 0) is 32.9 Å². The minimum atomic E-state index is 0.564. The SMILES string of the molecule is CC(C)n1ccn(C)[c]1=[Pt].IN(I)Cc1ccccc1. The number of aromatic nitrogens is 2. The number of rotatable bonds is 3. The van der Waals surface area contributed by atoms with Gasteiger partial charge in [0.15, 0.2) is 0 Å². The maximum atomic E-state index is 2.33. The summed E-state index contributed by atoms with van der Waals surface area (Å²) >= 11 is 6.86. The van der Waals surface area contributed by atoms with Crippen molar-refractivity contribution in [2.24, 2.45) is 7.05 Å². The van der Waals surface area contributed by atoms with Crippen LogP contribution in [0.3, 0.4) is 0 Å². The summed E-state index contributed by atoms with van der Waals surface area (Å²) in [5.74, 6) is 0. The maximum Gasteiger partial charge on any atom is 0.0435 e. The Labute approximate surface area is 159 Å². The van der Waals surface area contributed by atoms with Gasteiger partial charge in [-0.3, -0.25) is 0 Å². The molecule has 0 unspecified atom stereocenters. The molecule has 2 aromatic rings. The first-order valence-corrected chi connectivity index (χ1v) is 9.30. The van der Waals surface area contributed by atoms with Crippen LogP contribution >= 0.6 is 45.7 Å². The topological polar surface area (TPSA) is 13.1 Å². The van der Waals surface area contributed by atoms with E-state index in [1.165, 1.54) is 9.37 Å². The standard InChI is InChI=1S/C7H7I2N.C7H12N2.Pt/c8-10(9)6-7-4-2-1-3-5-7;1-7(2)9-5-4-8(3)6-9;/h1-5H,6H2;4-5,7H,1-3H3;. The van der Waals surface area contributed by atoms with E-state index in [-0.39, 0.29) is 0 Å². The molecule has 0 amide bonds. The molecule has 3 nitrogen and oxygen atoms in total. The second kappa shape index (κ2) is 9.53. The van der Waals surface area contributed by atoms with Gasteiger partial charge in [-0.05, 0) is 5.56 Å². The Morgan fingerprint density at radius 3 is 2.10 bits per heavy atom. The predicted octanol–water partition coefficient (Wildman–Crippen LogP) is 4.67. The van der Waals surface area contributed by atoms with E-state index in [1.807, 2.05) is 6.07 Å². The average molecular weight is 678 g/mol. The van der Waals surface area contributed by atoms with Gasteiger partial charge in [-0.25, -0.2) is 0 Å². The molecule has 0 fully saturated rings. The van der Waals surface area contributed by atoms with Crippen LogP contribution in [-0.4, -0.2) is 10.5 Å². The molecule has 0 bridgehead atoms. The van der Waals surface area contributed by atoms with Crippen LogP contribution in [0.1, 0.15) is 25.5 Å². The first-order valence-electron chi connectivity index (χ1n) is 6.23. The van der Waals surface area contributed by atoms with Crippen molar-refractivity contribution in [2.45, 2.75) is 26.4 Å². The van der Waals surface area contributed by atoms with Gasteiger partial charge < -0.3 is 0 Å². The maximum absolute atomic E-state index is 2.33. The molecule has 0 aliphatic rings. The van der Waals surface area contributed by atoms with Crippen molar-refractivity contribution in [2.75, 3.05) is 0 Å². The Morgan fingerprint density at radius 1 is 1.15 bits per heavy atom. The third-order valence-corrected chi connectivity index (χ3v) is 4.69. The number of aryl methyl sites for hydroxylation is 1. The summed E-state index contributed by atoms with van der Waals surface area (Å²) < 4.78 is 7.73. The molecule has 2 rings (SSSR count). The molecule has 0 spiro atoms. The largest absolute Gasteiger partial charge is 0.184 e. The molecule has 20 heavy (non-hydrogen) atoms. The molecule has 0 aliphatic heterocycles. The van der Waals surface area contributed by atoms with E-state index in [1.54, 1.807) is 0 Å². The van der Waals surface area contributed by atoms with Crippen LogP contribution in [0.4, 0.5) is 0 Å². The number of benzene rings is 1. The fourth-order valence-corrected chi connectivity index (χ4v) is 3.27. The van der Waals surface area contributed by atoms with Gasteiger partial charge in [0.05, 0.1) is 0 Å². The summed E-state index contributed by atoms with van der Waals surface area (Å²) in [6.45, 7) is 5.37. The summed E-state index contributed by atoms with van der Waals surface area (Å²) in [5, 5.41) is 0. The molecule has 1 aromatic heterocycles. The van der Waals surface area contributed by atoms with Crippen LogP contribution < -0.4 is 0 Å². The van der Waals surface area contributed by atoms with Crippen molar-refractivity contribution in [1.29, 1.82) is 0 Å². The van der Waals surface area contributed by atoms with Gasteiger partial charge in [0.25, 0.3) is 0 Å². The van der Waals surface area contributed by atoms with Gasteiger partial charge in [-0.2, -0.15) is 1.33 Å². The molecule has 0 saturated carbocycles. The van der Waals surface area contributed by atoms with Crippen molar-refractivity contribution in [3.8, 4) is 0 Å². The Kier molecular flexibility index (Phi) is 8.86. The molecule has 0 radical (unpaired) electrons. The monoisotopic (exact) mass is 678 g/mol.